The number of nitrogens with zero attached hydrogens (tertiary/aromatic N) is 4. The number of aromatic nitrogens is 4. The molecule has 6 nitrogen and oxygen atoms in total. The molecule has 116 valence electrons. The third-order valence-electron chi connectivity index (χ3n) is 3.53. The fraction of sp³-hybridized carbons (Fsp3) is 0.176. The number of pyridine rings is 1. The first-order valence-electron chi connectivity index (χ1n) is 7.36. The zero-order chi connectivity index (χ0) is 16.1. The summed E-state index contributed by atoms with van der Waals surface area (Å²) in [6.45, 7) is 2.80. The highest BCUT2D eigenvalue weighted by Gasteiger charge is 2.16. The third-order valence-corrected chi connectivity index (χ3v) is 3.53. The van der Waals surface area contributed by atoms with Crippen LogP contribution >= 0.6 is 0 Å². The van der Waals surface area contributed by atoms with E-state index in [0.29, 0.717) is 18.8 Å². The number of hydrogen-bond donors (Lipinski definition) is 1. The van der Waals surface area contributed by atoms with Gasteiger partial charge < -0.3 is 5.32 Å². The Labute approximate surface area is 134 Å². The van der Waals surface area contributed by atoms with Crippen LogP contribution in [0.1, 0.15) is 27.4 Å². The largest absolute Gasteiger partial charge is 0.345 e. The van der Waals surface area contributed by atoms with Crippen LogP contribution in [0.2, 0.25) is 0 Å². The van der Waals surface area contributed by atoms with Crippen molar-refractivity contribution in [1.29, 1.82) is 0 Å². The molecule has 1 N–H and O–H groups in total. The Hall–Kier alpha value is -3.02. The van der Waals surface area contributed by atoms with Crippen molar-refractivity contribution < 1.29 is 4.79 Å². The molecule has 0 bridgehead atoms. The van der Waals surface area contributed by atoms with E-state index in [4.69, 9.17) is 0 Å². The van der Waals surface area contributed by atoms with Crippen LogP contribution < -0.4 is 5.32 Å². The quantitative estimate of drug-likeness (QED) is 0.782. The van der Waals surface area contributed by atoms with Crippen LogP contribution in [-0.2, 0) is 13.1 Å². The molecule has 0 atom stereocenters. The molecular formula is C17H17N5O. The average molecular weight is 307 g/mol. The zero-order valence-electron chi connectivity index (χ0n) is 12.8. The predicted molar refractivity (Wildman–Crippen MR) is 85.7 cm³/mol. The molecule has 0 unspecified atom stereocenters. The van der Waals surface area contributed by atoms with Gasteiger partial charge in [-0.1, -0.05) is 41.6 Å². The summed E-state index contributed by atoms with van der Waals surface area (Å²) >= 11 is 0. The number of nitrogens with one attached hydrogen (secondary N) is 1. The van der Waals surface area contributed by atoms with E-state index in [-0.39, 0.29) is 5.91 Å². The lowest BCUT2D eigenvalue weighted by Gasteiger charge is -2.05. The molecule has 23 heavy (non-hydrogen) atoms. The fourth-order valence-electron chi connectivity index (χ4n) is 2.23. The van der Waals surface area contributed by atoms with Crippen molar-refractivity contribution in [1.82, 2.24) is 25.3 Å². The van der Waals surface area contributed by atoms with Crippen LogP contribution in [0.25, 0.3) is 0 Å². The molecule has 6 heteroatoms. The molecule has 0 aliphatic carbocycles. The molecule has 0 spiro atoms. The molecule has 3 aromatic rings. The summed E-state index contributed by atoms with van der Waals surface area (Å²) in [6, 6.07) is 15.5. The van der Waals surface area contributed by atoms with Crippen molar-refractivity contribution in [2.45, 2.75) is 20.0 Å². The van der Waals surface area contributed by atoms with Gasteiger partial charge in [0.1, 0.15) is 0 Å². The summed E-state index contributed by atoms with van der Waals surface area (Å²) in [5, 5.41) is 10.9. The number of carbonyl (C=O) groups is 1. The minimum Gasteiger partial charge on any atom is -0.345 e. The van der Waals surface area contributed by atoms with Gasteiger partial charge in [0, 0.05) is 6.20 Å². The lowest BCUT2D eigenvalue weighted by molar-refractivity contribution is 0.0944. The summed E-state index contributed by atoms with van der Waals surface area (Å²) in [4.78, 5) is 16.4. The Kier molecular flexibility index (Phi) is 4.42. The maximum atomic E-state index is 12.2. The molecule has 2 heterocycles. The Bertz CT molecular complexity index is 783. The van der Waals surface area contributed by atoms with Crippen LogP contribution in [0.4, 0.5) is 0 Å². The van der Waals surface area contributed by atoms with E-state index < -0.39 is 0 Å². The van der Waals surface area contributed by atoms with Crippen LogP contribution in [0.3, 0.4) is 0 Å². The highest BCUT2D eigenvalue weighted by Crippen LogP contribution is 2.08. The highest BCUT2D eigenvalue weighted by molar-refractivity contribution is 5.93. The Balaban J connectivity index is 1.67. The number of carbonyl (C=O) groups excluding carboxylic acids is 1. The van der Waals surface area contributed by atoms with Gasteiger partial charge in [0.2, 0.25) is 0 Å². The minimum absolute atomic E-state index is 0.243. The minimum atomic E-state index is -0.243. The monoisotopic (exact) mass is 307 g/mol. The molecule has 2 aromatic heterocycles. The number of rotatable bonds is 5. The van der Waals surface area contributed by atoms with E-state index in [2.05, 4.69) is 20.6 Å². The topological polar surface area (TPSA) is 72.7 Å². The van der Waals surface area contributed by atoms with Crippen molar-refractivity contribution in [3.63, 3.8) is 0 Å². The first-order valence-corrected chi connectivity index (χ1v) is 7.36. The normalized spacial score (nSPS) is 10.5. The van der Waals surface area contributed by atoms with E-state index in [1.54, 1.807) is 10.9 Å². The van der Waals surface area contributed by atoms with Gasteiger partial charge in [-0.2, -0.15) is 0 Å². The number of benzene rings is 1. The molecule has 1 amide bonds. The smallest absolute Gasteiger partial charge is 0.274 e. The zero-order valence-corrected chi connectivity index (χ0v) is 12.8. The van der Waals surface area contributed by atoms with Crippen molar-refractivity contribution in [3.8, 4) is 0 Å². The van der Waals surface area contributed by atoms with Gasteiger partial charge in [0.05, 0.1) is 24.5 Å². The first kappa shape index (κ1) is 14.9. The van der Waals surface area contributed by atoms with E-state index in [1.165, 1.54) is 0 Å². The lowest BCUT2D eigenvalue weighted by Crippen LogP contribution is -2.24. The molecule has 3 rings (SSSR count). The second-order valence-electron chi connectivity index (χ2n) is 5.17. The predicted octanol–water partition coefficient (Wildman–Crippen LogP) is 1.96. The number of amides is 1. The second kappa shape index (κ2) is 6.83. The van der Waals surface area contributed by atoms with Crippen molar-refractivity contribution in [3.05, 3.63) is 77.4 Å². The van der Waals surface area contributed by atoms with Gasteiger partial charge in [-0.15, -0.1) is 5.10 Å². The first-order chi connectivity index (χ1) is 11.2. The van der Waals surface area contributed by atoms with Gasteiger partial charge in [0.25, 0.3) is 5.91 Å². The summed E-state index contributed by atoms with van der Waals surface area (Å²) < 4.78 is 1.73. The lowest BCUT2D eigenvalue weighted by atomic mass is 10.2. The Morgan fingerprint density at radius 3 is 2.65 bits per heavy atom. The van der Waals surface area contributed by atoms with Gasteiger partial charge in [-0.25, -0.2) is 4.68 Å². The van der Waals surface area contributed by atoms with Crippen LogP contribution in [0.15, 0.2) is 54.7 Å². The van der Waals surface area contributed by atoms with Crippen LogP contribution in [-0.4, -0.2) is 25.9 Å². The van der Waals surface area contributed by atoms with Crippen molar-refractivity contribution in [2.24, 2.45) is 0 Å². The van der Waals surface area contributed by atoms with Gasteiger partial charge in [-0.3, -0.25) is 9.78 Å². The van der Waals surface area contributed by atoms with Gasteiger partial charge in [0.15, 0.2) is 5.69 Å². The molecule has 0 fully saturated rings. The molecule has 0 aliphatic rings. The van der Waals surface area contributed by atoms with E-state index in [1.807, 2.05) is 55.5 Å². The van der Waals surface area contributed by atoms with Gasteiger partial charge in [-0.05, 0) is 24.6 Å². The van der Waals surface area contributed by atoms with Crippen molar-refractivity contribution >= 4 is 5.91 Å². The maximum Gasteiger partial charge on any atom is 0.274 e. The fourth-order valence-corrected chi connectivity index (χ4v) is 2.23. The molecule has 1 aromatic carbocycles. The Morgan fingerprint density at radius 2 is 1.91 bits per heavy atom. The van der Waals surface area contributed by atoms with Crippen LogP contribution in [0, 0.1) is 6.92 Å². The number of hydrogen-bond acceptors (Lipinski definition) is 4. The summed E-state index contributed by atoms with van der Waals surface area (Å²) in [6.07, 6.45) is 1.70. The van der Waals surface area contributed by atoms with E-state index in [0.717, 1.165) is 17.0 Å². The summed E-state index contributed by atoms with van der Waals surface area (Å²) in [5.41, 5.74) is 3.00. The third kappa shape index (κ3) is 3.60. The van der Waals surface area contributed by atoms with Crippen molar-refractivity contribution in [2.75, 3.05) is 0 Å². The molecule has 0 aliphatic heterocycles. The van der Waals surface area contributed by atoms with E-state index >= 15 is 0 Å². The molecule has 0 saturated heterocycles. The van der Waals surface area contributed by atoms with Gasteiger partial charge >= 0.3 is 0 Å². The molecule has 0 saturated carbocycles. The summed E-state index contributed by atoms with van der Waals surface area (Å²) in [5.74, 6) is -0.243. The standard InChI is InChI=1S/C17H17N5O/c1-13-16(17(23)19-11-15-9-5-6-10-18-15)20-21-22(13)12-14-7-3-2-4-8-14/h2-10H,11-12H2,1H3,(H,19,23). The average Bonchev–Trinajstić information content (AvgIpc) is 2.95. The Morgan fingerprint density at radius 1 is 1.13 bits per heavy atom. The second-order valence-corrected chi connectivity index (χ2v) is 5.17. The van der Waals surface area contributed by atoms with Crippen LogP contribution in [0.5, 0.6) is 0 Å². The van der Waals surface area contributed by atoms with E-state index in [9.17, 15) is 4.79 Å². The molecular weight excluding hydrogens is 290 g/mol. The molecule has 0 radical (unpaired) electrons. The summed E-state index contributed by atoms with van der Waals surface area (Å²) in [7, 11) is 0. The highest BCUT2D eigenvalue weighted by atomic mass is 16.2. The SMILES string of the molecule is Cc1c(C(=O)NCc2ccccn2)nnn1Cc1ccccc1. The maximum absolute atomic E-state index is 12.2.